The van der Waals surface area contributed by atoms with E-state index in [0.29, 0.717) is 29.3 Å². The van der Waals surface area contributed by atoms with Crippen LogP contribution in [0.1, 0.15) is 29.4 Å². The summed E-state index contributed by atoms with van der Waals surface area (Å²) in [5.74, 6) is 0.590. The Kier molecular flexibility index (Phi) is 3.77. The van der Waals surface area contributed by atoms with Crippen molar-refractivity contribution in [1.29, 1.82) is 0 Å². The minimum atomic E-state index is -0.316. The molecule has 0 aromatic carbocycles. The summed E-state index contributed by atoms with van der Waals surface area (Å²) in [6.45, 7) is 3.14. The third kappa shape index (κ3) is 2.18. The average molecular weight is 270 g/mol. The van der Waals surface area contributed by atoms with E-state index in [-0.39, 0.29) is 11.9 Å². The molecule has 5 nitrogen and oxygen atoms in total. The molecule has 1 aromatic heterocycles. The number of aliphatic hydroxyl groups is 1. The highest BCUT2D eigenvalue weighted by molar-refractivity contribution is 7.19. The van der Waals surface area contributed by atoms with Gasteiger partial charge in [0.05, 0.1) is 23.8 Å². The maximum Gasteiger partial charge on any atom is 0.177 e. The molecule has 0 aliphatic carbocycles. The molecule has 1 aliphatic heterocycles. The summed E-state index contributed by atoms with van der Waals surface area (Å²) in [6.07, 6.45) is 0.844. The first-order valence-electron chi connectivity index (χ1n) is 6.00. The molecule has 1 unspecified atom stereocenters. The first-order valence-corrected chi connectivity index (χ1v) is 6.82. The number of aliphatic hydroxyl groups excluding tert-OH is 1. The highest BCUT2D eigenvalue weighted by Gasteiger charge is 2.28. The number of methoxy groups -OCH3 is 1. The minimum absolute atomic E-state index is 0.0294. The molecule has 2 heterocycles. The van der Waals surface area contributed by atoms with Crippen molar-refractivity contribution in [2.45, 2.75) is 25.9 Å². The highest BCUT2D eigenvalue weighted by atomic mass is 32.1. The lowest BCUT2D eigenvalue weighted by Crippen LogP contribution is -2.20. The number of hydrogen-bond donors (Lipinski definition) is 2. The van der Waals surface area contributed by atoms with Crippen LogP contribution >= 0.6 is 11.3 Å². The van der Waals surface area contributed by atoms with E-state index in [4.69, 9.17) is 10.5 Å². The van der Waals surface area contributed by atoms with Gasteiger partial charge in [0.25, 0.3) is 0 Å². The number of anilines is 2. The van der Waals surface area contributed by atoms with E-state index >= 15 is 0 Å². The molecule has 1 aliphatic rings. The Bertz CT molecular complexity index is 458. The third-order valence-electron chi connectivity index (χ3n) is 3.11. The zero-order chi connectivity index (χ0) is 13.3. The Morgan fingerprint density at radius 3 is 2.89 bits per heavy atom. The van der Waals surface area contributed by atoms with Crippen molar-refractivity contribution in [2.75, 3.05) is 30.8 Å². The van der Waals surface area contributed by atoms with Gasteiger partial charge in [0.1, 0.15) is 5.00 Å². The summed E-state index contributed by atoms with van der Waals surface area (Å²) in [5, 5.41) is 10.4. The van der Waals surface area contributed by atoms with E-state index in [1.807, 2.05) is 11.8 Å². The second kappa shape index (κ2) is 5.16. The van der Waals surface area contributed by atoms with Crippen LogP contribution in [0.2, 0.25) is 0 Å². The van der Waals surface area contributed by atoms with Gasteiger partial charge in [-0.1, -0.05) is 6.92 Å². The molecular weight excluding hydrogens is 252 g/mol. The quantitative estimate of drug-likeness (QED) is 0.811. The summed E-state index contributed by atoms with van der Waals surface area (Å²) in [6, 6.07) is 0. The fraction of sp³-hybridized carbons (Fsp3) is 0.583. The first kappa shape index (κ1) is 13.2. The maximum atomic E-state index is 11.8. The van der Waals surface area contributed by atoms with Crippen LogP contribution in [0.5, 0.6) is 5.75 Å². The number of Topliss-reactive ketones (excluding diaryl/α,β-unsaturated/α-hetero) is 1. The molecule has 1 atom stereocenters. The van der Waals surface area contributed by atoms with Crippen molar-refractivity contribution in [1.82, 2.24) is 0 Å². The molecule has 18 heavy (non-hydrogen) atoms. The van der Waals surface area contributed by atoms with Gasteiger partial charge in [0, 0.05) is 19.5 Å². The summed E-state index contributed by atoms with van der Waals surface area (Å²) in [7, 11) is 1.55. The van der Waals surface area contributed by atoms with Crippen molar-refractivity contribution >= 4 is 27.8 Å². The van der Waals surface area contributed by atoms with Crippen molar-refractivity contribution in [3.05, 3.63) is 4.88 Å². The molecule has 0 radical (unpaired) electrons. The van der Waals surface area contributed by atoms with E-state index in [9.17, 15) is 9.90 Å². The molecule has 6 heteroatoms. The number of ketones is 1. The van der Waals surface area contributed by atoms with E-state index < -0.39 is 0 Å². The average Bonchev–Trinajstić information content (AvgIpc) is 2.92. The molecule has 1 fully saturated rings. The van der Waals surface area contributed by atoms with Gasteiger partial charge in [-0.3, -0.25) is 4.79 Å². The van der Waals surface area contributed by atoms with Gasteiger partial charge < -0.3 is 20.5 Å². The smallest absolute Gasteiger partial charge is 0.177 e. The molecule has 0 spiro atoms. The Morgan fingerprint density at radius 2 is 2.39 bits per heavy atom. The number of hydrogen-bond acceptors (Lipinski definition) is 6. The molecule has 3 N–H and O–H groups in total. The van der Waals surface area contributed by atoms with E-state index in [2.05, 4.69) is 0 Å². The first-order chi connectivity index (χ1) is 8.58. The lowest BCUT2D eigenvalue weighted by molar-refractivity contribution is 0.0992. The number of nitrogens with zero attached hydrogens (tertiary/aromatic N) is 1. The summed E-state index contributed by atoms with van der Waals surface area (Å²) >= 11 is 1.36. The van der Waals surface area contributed by atoms with Gasteiger partial charge >= 0.3 is 0 Å². The second-order valence-electron chi connectivity index (χ2n) is 4.35. The zero-order valence-corrected chi connectivity index (χ0v) is 11.4. The van der Waals surface area contributed by atoms with Crippen LogP contribution in [0.4, 0.5) is 10.7 Å². The highest BCUT2D eigenvalue weighted by Crippen LogP contribution is 2.46. The lowest BCUT2D eigenvalue weighted by Gasteiger charge is -2.16. The van der Waals surface area contributed by atoms with E-state index in [1.54, 1.807) is 7.11 Å². The Labute approximate surface area is 110 Å². The third-order valence-corrected chi connectivity index (χ3v) is 4.40. The Hall–Kier alpha value is -1.27. The van der Waals surface area contributed by atoms with Crippen LogP contribution in [0.3, 0.4) is 0 Å². The molecule has 100 valence electrons. The standard InChI is InChI=1S/C12H18N2O3S/c1-3-8(16)11-9(13)10(17-2)12(18-11)14-5-4-7(15)6-14/h7,15H,3-6,13H2,1-2H3. The minimum Gasteiger partial charge on any atom is -0.492 e. The zero-order valence-electron chi connectivity index (χ0n) is 10.6. The molecule has 1 saturated heterocycles. The second-order valence-corrected chi connectivity index (χ2v) is 5.35. The fourth-order valence-corrected chi connectivity index (χ4v) is 3.35. The number of carbonyl (C=O) groups excluding carboxylic acids is 1. The Balaban J connectivity index is 2.38. The number of thiophene rings is 1. The monoisotopic (exact) mass is 270 g/mol. The van der Waals surface area contributed by atoms with E-state index in [0.717, 1.165) is 18.0 Å². The van der Waals surface area contributed by atoms with Gasteiger partial charge in [-0.25, -0.2) is 0 Å². The van der Waals surface area contributed by atoms with Crippen LogP contribution in [-0.4, -0.2) is 37.2 Å². The van der Waals surface area contributed by atoms with E-state index in [1.165, 1.54) is 11.3 Å². The SMILES string of the molecule is CCC(=O)c1sc(N2CCC(O)C2)c(OC)c1N. The lowest BCUT2D eigenvalue weighted by atomic mass is 10.2. The van der Waals surface area contributed by atoms with Crippen molar-refractivity contribution in [2.24, 2.45) is 0 Å². The number of nitrogens with two attached hydrogens (primary N) is 1. The fourth-order valence-electron chi connectivity index (χ4n) is 2.12. The van der Waals surface area contributed by atoms with Crippen molar-refractivity contribution in [3.63, 3.8) is 0 Å². The number of rotatable bonds is 4. The molecule has 0 bridgehead atoms. The predicted octanol–water partition coefficient (Wildman–Crippen LogP) is 1.50. The van der Waals surface area contributed by atoms with Crippen LogP contribution in [0.15, 0.2) is 0 Å². The molecule has 2 rings (SSSR count). The van der Waals surface area contributed by atoms with Gasteiger partial charge in [0.2, 0.25) is 0 Å². The van der Waals surface area contributed by atoms with Crippen LogP contribution in [0.25, 0.3) is 0 Å². The summed E-state index contributed by atoms with van der Waals surface area (Å²) in [4.78, 5) is 14.4. The van der Waals surface area contributed by atoms with Crippen LogP contribution in [-0.2, 0) is 0 Å². The van der Waals surface area contributed by atoms with Gasteiger partial charge in [-0.05, 0) is 6.42 Å². The maximum absolute atomic E-state index is 11.8. The number of β-amino-alcohol motifs (C(OH)–C–C–N with tert-alkyl or cyclic N) is 1. The molecule has 0 amide bonds. The number of ether oxygens (including phenoxy) is 1. The number of nitrogen functional groups attached to an aromatic ring is 1. The molecular formula is C12H18N2O3S. The molecule has 1 aromatic rings. The Morgan fingerprint density at radius 1 is 1.67 bits per heavy atom. The van der Waals surface area contributed by atoms with Crippen molar-refractivity contribution in [3.8, 4) is 5.75 Å². The number of carbonyl (C=O) groups is 1. The largest absolute Gasteiger partial charge is 0.492 e. The predicted molar refractivity (Wildman–Crippen MR) is 72.7 cm³/mol. The van der Waals surface area contributed by atoms with Crippen LogP contribution in [0, 0.1) is 0 Å². The van der Waals surface area contributed by atoms with Gasteiger partial charge in [0.15, 0.2) is 11.5 Å². The van der Waals surface area contributed by atoms with Gasteiger partial charge in [-0.2, -0.15) is 0 Å². The van der Waals surface area contributed by atoms with Crippen molar-refractivity contribution < 1.29 is 14.6 Å². The van der Waals surface area contributed by atoms with Crippen LogP contribution < -0.4 is 15.4 Å². The molecule has 0 saturated carbocycles. The summed E-state index contributed by atoms with van der Waals surface area (Å²) in [5.41, 5.74) is 6.39. The topological polar surface area (TPSA) is 75.8 Å². The van der Waals surface area contributed by atoms with Gasteiger partial charge in [-0.15, -0.1) is 11.3 Å². The normalized spacial score (nSPS) is 19.3. The summed E-state index contributed by atoms with van der Waals surface area (Å²) < 4.78 is 5.31.